The molecule has 1 amide bonds. The molecule has 2 rings (SSSR count). The van der Waals surface area contributed by atoms with Gasteiger partial charge in [-0.15, -0.1) is 0 Å². The maximum absolute atomic E-state index is 11.7. The Hall–Kier alpha value is -2.32. The van der Waals surface area contributed by atoms with E-state index in [-0.39, 0.29) is 5.69 Å². The summed E-state index contributed by atoms with van der Waals surface area (Å²) in [7, 11) is 1.71. The summed E-state index contributed by atoms with van der Waals surface area (Å²) in [6, 6.07) is 0. The first-order valence-electron chi connectivity index (χ1n) is 8.05. The van der Waals surface area contributed by atoms with Crippen LogP contribution in [-0.4, -0.2) is 46.0 Å². The lowest BCUT2D eigenvalue weighted by Crippen LogP contribution is -2.40. The molecule has 1 aliphatic heterocycles. The average Bonchev–Trinajstić information content (AvgIpc) is 2.86. The quantitative estimate of drug-likeness (QED) is 0.665. The Morgan fingerprint density at radius 1 is 1.46 bits per heavy atom. The second-order valence-corrected chi connectivity index (χ2v) is 7.05. The molecule has 1 fully saturated rings. The number of amides is 1. The number of anilines is 1. The summed E-state index contributed by atoms with van der Waals surface area (Å²) < 4.78 is 6.76. The number of nitro groups is 1. The summed E-state index contributed by atoms with van der Waals surface area (Å²) >= 11 is 0. The van der Waals surface area contributed by atoms with Crippen LogP contribution in [0.3, 0.4) is 0 Å². The smallest absolute Gasteiger partial charge is 0.407 e. The minimum absolute atomic E-state index is 0.0304. The van der Waals surface area contributed by atoms with Crippen LogP contribution in [0.5, 0.6) is 0 Å². The molecular weight excluding hydrogens is 314 g/mol. The van der Waals surface area contributed by atoms with Gasteiger partial charge < -0.3 is 15.0 Å². The van der Waals surface area contributed by atoms with Crippen LogP contribution in [0, 0.1) is 16.0 Å². The third kappa shape index (κ3) is 4.59. The van der Waals surface area contributed by atoms with Crippen LogP contribution in [0.1, 0.15) is 33.6 Å². The van der Waals surface area contributed by atoms with Crippen molar-refractivity contribution in [3.63, 3.8) is 0 Å². The Morgan fingerprint density at radius 2 is 2.08 bits per heavy atom. The van der Waals surface area contributed by atoms with Gasteiger partial charge in [0.05, 0.1) is 4.92 Å². The van der Waals surface area contributed by atoms with Gasteiger partial charge in [0.2, 0.25) is 5.82 Å². The maximum Gasteiger partial charge on any atom is 0.407 e. The number of carbonyl (C=O) groups is 1. The van der Waals surface area contributed by atoms with Crippen molar-refractivity contribution in [1.82, 2.24) is 15.1 Å². The molecule has 1 N–H and O–H groups in total. The second kappa shape index (κ2) is 7.06. The van der Waals surface area contributed by atoms with E-state index in [1.54, 1.807) is 7.05 Å². The Bertz CT molecular complexity index is 599. The maximum atomic E-state index is 11.7. The van der Waals surface area contributed by atoms with Gasteiger partial charge in [0.25, 0.3) is 0 Å². The van der Waals surface area contributed by atoms with Crippen LogP contribution in [0.2, 0.25) is 0 Å². The highest BCUT2D eigenvalue weighted by atomic mass is 16.6. The molecule has 0 bridgehead atoms. The van der Waals surface area contributed by atoms with Crippen LogP contribution in [0.4, 0.5) is 16.3 Å². The molecule has 0 spiro atoms. The van der Waals surface area contributed by atoms with E-state index in [4.69, 9.17) is 4.74 Å². The van der Waals surface area contributed by atoms with Crippen LogP contribution in [-0.2, 0) is 11.8 Å². The van der Waals surface area contributed by atoms with E-state index in [9.17, 15) is 14.9 Å². The minimum Gasteiger partial charge on any atom is -0.444 e. The number of ether oxygens (including phenoxy) is 1. The summed E-state index contributed by atoms with van der Waals surface area (Å²) in [4.78, 5) is 24.4. The number of nitrogens with zero attached hydrogens (tertiary/aromatic N) is 4. The molecule has 0 aliphatic carbocycles. The molecule has 1 saturated heterocycles. The predicted molar refractivity (Wildman–Crippen MR) is 89.0 cm³/mol. The molecule has 1 aliphatic rings. The molecule has 0 aromatic carbocycles. The zero-order valence-electron chi connectivity index (χ0n) is 14.6. The molecule has 2 heterocycles. The normalized spacial score (nSPS) is 16.1. The summed E-state index contributed by atoms with van der Waals surface area (Å²) in [6.07, 6.45) is 2.56. The molecular formula is C15H25N5O4. The van der Waals surface area contributed by atoms with Crippen molar-refractivity contribution in [3.8, 4) is 0 Å². The molecule has 9 nitrogen and oxygen atoms in total. The minimum atomic E-state index is -0.508. The number of hydrogen-bond donors (Lipinski definition) is 1. The number of carbonyl (C=O) groups excluding carboxylic acids is 1. The monoisotopic (exact) mass is 339 g/mol. The van der Waals surface area contributed by atoms with Crippen LogP contribution in [0.15, 0.2) is 6.20 Å². The van der Waals surface area contributed by atoms with Gasteiger partial charge in [0, 0.05) is 26.7 Å². The fourth-order valence-corrected chi connectivity index (χ4v) is 2.81. The standard InChI is InChI=1S/C15H25N5O4/c1-15(2,3)24-14(21)16-9-11-5-7-19(8-6-11)13-12(20(22)23)10-17-18(13)4/h10-11H,5-9H2,1-4H3,(H,16,21). The SMILES string of the molecule is Cn1ncc([N+](=O)[O-])c1N1CCC(CNC(=O)OC(C)(C)C)CC1. The number of alkyl carbamates (subject to hydrolysis) is 1. The third-order valence-electron chi connectivity index (χ3n) is 3.93. The molecule has 0 saturated carbocycles. The fourth-order valence-electron chi connectivity index (χ4n) is 2.81. The first-order valence-corrected chi connectivity index (χ1v) is 8.05. The third-order valence-corrected chi connectivity index (χ3v) is 3.93. The van der Waals surface area contributed by atoms with Crippen LogP contribution >= 0.6 is 0 Å². The van der Waals surface area contributed by atoms with E-state index in [0.29, 0.717) is 31.4 Å². The Balaban J connectivity index is 1.85. The van der Waals surface area contributed by atoms with Crippen LogP contribution in [0.25, 0.3) is 0 Å². The first-order chi connectivity index (χ1) is 11.2. The van der Waals surface area contributed by atoms with Gasteiger partial charge in [0.15, 0.2) is 0 Å². The van der Waals surface area contributed by atoms with E-state index in [0.717, 1.165) is 12.8 Å². The van der Waals surface area contributed by atoms with E-state index >= 15 is 0 Å². The highest BCUT2D eigenvalue weighted by molar-refractivity contribution is 5.67. The Kier molecular flexibility index (Phi) is 5.30. The highest BCUT2D eigenvalue weighted by Crippen LogP contribution is 2.30. The molecule has 9 heteroatoms. The molecule has 134 valence electrons. The zero-order valence-corrected chi connectivity index (χ0v) is 14.6. The van der Waals surface area contributed by atoms with Gasteiger partial charge in [-0.3, -0.25) is 10.1 Å². The average molecular weight is 339 g/mol. The van der Waals surface area contributed by atoms with E-state index in [2.05, 4.69) is 10.4 Å². The number of rotatable bonds is 4. The van der Waals surface area contributed by atoms with Gasteiger partial charge in [-0.25, -0.2) is 9.48 Å². The molecule has 0 unspecified atom stereocenters. The van der Waals surface area contributed by atoms with Crippen molar-refractivity contribution >= 4 is 17.6 Å². The molecule has 0 atom stereocenters. The summed E-state index contributed by atoms with van der Waals surface area (Å²) in [5, 5.41) is 17.9. The molecule has 0 radical (unpaired) electrons. The highest BCUT2D eigenvalue weighted by Gasteiger charge is 2.28. The van der Waals surface area contributed by atoms with Crippen LogP contribution < -0.4 is 10.2 Å². The van der Waals surface area contributed by atoms with Gasteiger partial charge in [-0.05, 0) is 39.5 Å². The van der Waals surface area contributed by atoms with Gasteiger partial charge in [-0.1, -0.05) is 0 Å². The van der Waals surface area contributed by atoms with Crippen molar-refractivity contribution in [2.75, 3.05) is 24.5 Å². The van der Waals surface area contributed by atoms with Gasteiger partial charge in [0.1, 0.15) is 11.8 Å². The lowest BCUT2D eigenvalue weighted by atomic mass is 9.97. The number of hydrogen-bond acceptors (Lipinski definition) is 6. The molecule has 24 heavy (non-hydrogen) atoms. The van der Waals surface area contributed by atoms with Crippen molar-refractivity contribution in [2.24, 2.45) is 13.0 Å². The molecule has 1 aromatic rings. The summed E-state index contributed by atoms with van der Waals surface area (Å²) in [5.74, 6) is 0.875. The number of aryl methyl sites for hydroxylation is 1. The number of piperidine rings is 1. The number of nitrogens with one attached hydrogen (secondary N) is 1. The lowest BCUT2D eigenvalue weighted by molar-refractivity contribution is -0.384. The molecule has 1 aromatic heterocycles. The topological polar surface area (TPSA) is 103 Å². The second-order valence-electron chi connectivity index (χ2n) is 7.05. The van der Waals surface area contributed by atoms with E-state index < -0.39 is 16.6 Å². The van der Waals surface area contributed by atoms with Crippen molar-refractivity contribution < 1.29 is 14.5 Å². The Morgan fingerprint density at radius 3 is 2.62 bits per heavy atom. The van der Waals surface area contributed by atoms with Crippen molar-refractivity contribution in [1.29, 1.82) is 0 Å². The van der Waals surface area contributed by atoms with E-state index in [1.165, 1.54) is 10.9 Å². The van der Waals surface area contributed by atoms with E-state index in [1.807, 2.05) is 25.7 Å². The predicted octanol–water partition coefficient (Wildman–Crippen LogP) is 2.07. The zero-order chi connectivity index (χ0) is 17.9. The van der Waals surface area contributed by atoms with Gasteiger partial charge in [-0.2, -0.15) is 5.10 Å². The van der Waals surface area contributed by atoms with Crippen molar-refractivity contribution in [3.05, 3.63) is 16.3 Å². The fraction of sp³-hybridized carbons (Fsp3) is 0.733. The summed E-state index contributed by atoms with van der Waals surface area (Å²) in [5.41, 5.74) is -0.478. The number of aromatic nitrogens is 2. The largest absolute Gasteiger partial charge is 0.444 e. The van der Waals surface area contributed by atoms with Gasteiger partial charge >= 0.3 is 11.8 Å². The summed E-state index contributed by atoms with van der Waals surface area (Å²) in [6.45, 7) is 7.42. The first kappa shape index (κ1) is 18.0. The Labute approximate surface area is 141 Å². The van der Waals surface area contributed by atoms with Crippen molar-refractivity contribution in [2.45, 2.75) is 39.2 Å². The lowest BCUT2D eigenvalue weighted by Gasteiger charge is -2.32.